The third-order valence-corrected chi connectivity index (χ3v) is 4.85. The quantitative estimate of drug-likeness (QED) is 0.787. The Bertz CT molecular complexity index is 787. The van der Waals surface area contributed by atoms with E-state index >= 15 is 0 Å². The van der Waals surface area contributed by atoms with Gasteiger partial charge < -0.3 is 14.5 Å². The Labute approximate surface area is 158 Å². The number of pyridine rings is 1. The molecule has 144 valence electrons. The minimum Gasteiger partial charge on any atom is -0.481 e. The first-order valence-corrected chi connectivity index (χ1v) is 9.12. The maximum Gasteiger partial charge on any atom is 0.255 e. The smallest absolute Gasteiger partial charge is 0.255 e. The second kappa shape index (κ2) is 8.66. The van der Waals surface area contributed by atoms with Crippen LogP contribution >= 0.6 is 0 Å². The molecule has 0 spiro atoms. The van der Waals surface area contributed by atoms with Gasteiger partial charge in [0.05, 0.1) is 12.7 Å². The highest BCUT2D eigenvalue weighted by Gasteiger charge is 2.23. The average Bonchev–Trinajstić information content (AvgIpc) is 2.95. The van der Waals surface area contributed by atoms with Crippen LogP contribution in [0.4, 0.5) is 0 Å². The molecule has 1 aliphatic rings. The number of amides is 2. The highest BCUT2D eigenvalue weighted by Crippen LogP contribution is 2.13. The van der Waals surface area contributed by atoms with Crippen LogP contribution in [0.2, 0.25) is 0 Å². The Morgan fingerprint density at radius 1 is 1.11 bits per heavy atom. The van der Waals surface area contributed by atoms with Crippen molar-refractivity contribution in [2.24, 2.45) is 7.05 Å². The van der Waals surface area contributed by atoms with Gasteiger partial charge in [0.25, 0.3) is 5.91 Å². The van der Waals surface area contributed by atoms with Crippen molar-refractivity contribution in [3.8, 4) is 5.88 Å². The lowest BCUT2D eigenvalue weighted by Crippen LogP contribution is -2.37. The minimum atomic E-state index is -0.0608. The molecule has 8 nitrogen and oxygen atoms in total. The number of rotatable bonds is 5. The summed E-state index contributed by atoms with van der Waals surface area (Å²) in [6.07, 6.45) is 5.17. The average molecular weight is 371 g/mol. The molecule has 0 unspecified atom stereocenters. The van der Waals surface area contributed by atoms with Crippen LogP contribution in [0.5, 0.6) is 5.88 Å². The van der Waals surface area contributed by atoms with Crippen molar-refractivity contribution in [1.29, 1.82) is 0 Å². The molecule has 1 fully saturated rings. The Morgan fingerprint density at radius 3 is 2.56 bits per heavy atom. The molecule has 3 rings (SSSR count). The van der Waals surface area contributed by atoms with E-state index in [0.717, 1.165) is 12.1 Å². The molecule has 2 aromatic rings. The van der Waals surface area contributed by atoms with Crippen LogP contribution in [0, 0.1) is 0 Å². The molecule has 1 aliphatic heterocycles. The standard InChI is InChI=1S/C19H25N5O3/c1-22-16(8-9-21-22)5-7-18(25)23-10-3-11-24(13-12-23)19(26)15-4-6-17(27-2)20-14-15/h4,6,8-9,14H,3,5,7,10-13H2,1-2H3. The number of hydrogen-bond donors (Lipinski definition) is 0. The first kappa shape index (κ1) is 18.9. The van der Waals surface area contributed by atoms with Crippen LogP contribution in [0.1, 0.15) is 28.9 Å². The SMILES string of the molecule is COc1ccc(C(=O)N2CCCN(C(=O)CCc3ccnn3C)CC2)cn1. The molecule has 27 heavy (non-hydrogen) atoms. The number of hydrogen-bond acceptors (Lipinski definition) is 5. The van der Waals surface area contributed by atoms with E-state index in [0.29, 0.717) is 50.5 Å². The van der Waals surface area contributed by atoms with Gasteiger partial charge >= 0.3 is 0 Å². The number of aromatic nitrogens is 3. The third kappa shape index (κ3) is 4.64. The molecule has 2 aromatic heterocycles. The third-order valence-electron chi connectivity index (χ3n) is 4.85. The second-order valence-corrected chi connectivity index (χ2v) is 6.56. The normalized spacial score (nSPS) is 14.7. The zero-order chi connectivity index (χ0) is 19.2. The van der Waals surface area contributed by atoms with Gasteiger partial charge in [-0.25, -0.2) is 4.98 Å². The lowest BCUT2D eigenvalue weighted by molar-refractivity contribution is -0.131. The molecule has 0 N–H and O–H groups in total. The van der Waals surface area contributed by atoms with Crippen molar-refractivity contribution in [2.45, 2.75) is 19.3 Å². The van der Waals surface area contributed by atoms with Gasteiger partial charge in [0.15, 0.2) is 0 Å². The van der Waals surface area contributed by atoms with E-state index in [1.807, 2.05) is 18.0 Å². The second-order valence-electron chi connectivity index (χ2n) is 6.56. The van der Waals surface area contributed by atoms with Crippen molar-refractivity contribution in [1.82, 2.24) is 24.6 Å². The van der Waals surface area contributed by atoms with Crippen molar-refractivity contribution in [3.63, 3.8) is 0 Å². The largest absolute Gasteiger partial charge is 0.481 e. The summed E-state index contributed by atoms with van der Waals surface area (Å²) < 4.78 is 6.82. The fourth-order valence-corrected chi connectivity index (χ4v) is 3.22. The Kier molecular flexibility index (Phi) is 6.05. The molecule has 1 saturated heterocycles. The van der Waals surface area contributed by atoms with Gasteiger partial charge in [0.2, 0.25) is 11.8 Å². The zero-order valence-electron chi connectivity index (χ0n) is 15.8. The summed E-state index contributed by atoms with van der Waals surface area (Å²) in [5.41, 5.74) is 1.58. The van der Waals surface area contributed by atoms with Crippen LogP contribution in [-0.4, -0.2) is 69.7 Å². The number of nitrogens with zero attached hydrogens (tertiary/aromatic N) is 5. The van der Waals surface area contributed by atoms with Crippen LogP contribution < -0.4 is 4.74 Å². The maximum atomic E-state index is 12.7. The van der Waals surface area contributed by atoms with E-state index in [-0.39, 0.29) is 11.8 Å². The van der Waals surface area contributed by atoms with E-state index in [4.69, 9.17) is 4.74 Å². The topological polar surface area (TPSA) is 80.6 Å². The van der Waals surface area contributed by atoms with Gasteiger partial charge in [-0.05, 0) is 25.0 Å². The van der Waals surface area contributed by atoms with Gasteiger partial charge in [-0.3, -0.25) is 14.3 Å². The molecule has 0 bridgehead atoms. The molecule has 2 amide bonds. The van der Waals surface area contributed by atoms with E-state index in [1.54, 1.807) is 35.0 Å². The molecular weight excluding hydrogens is 346 g/mol. The van der Waals surface area contributed by atoms with Gasteiger partial charge in [-0.2, -0.15) is 5.10 Å². The Balaban J connectivity index is 1.53. The predicted octanol–water partition coefficient (Wildman–Crippen LogP) is 1.13. The summed E-state index contributed by atoms with van der Waals surface area (Å²) in [4.78, 5) is 33.0. The molecule has 3 heterocycles. The number of carbonyl (C=O) groups excluding carboxylic acids is 2. The maximum absolute atomic E-state index is 12.7. The number of aryl methyl sites for hydroxylation is 2. The molecule has 0 radical (unpaired) electrons. The van der Waals surface area contributed by atoms with Gasteiger partial charge in [-0.1, -0.05) is 0 Å². The number of carbonyl (C=O) groups is 2. The summed E-state index contributed by atoms with van der Waals surface area (Å²) in [5.74, 6) is 0.540. The first-order chi connectivity index (χ1) is 13.1. The van der Waals surface area contributed by atoms with E-state index in [1.165, 1.54) is 6.20 Å². The van der Waals surface area contributed by atoms with Crippen LogP contribution in [-0.2, 0) is 18.3 Å². The summed E-state index contributed by atoms with van der Waals surface area (Å²) in [6, 6.07) is 5.33. The van der Waals surface area contributed by atoms with Gasteiger partial charge in [0, 0.05) is 63.8 Å². The molecular formula is C19H25N5O3. The van der Waals surface area contributed by atoms with Crippen molar-refractivity contribution >= 4 is 11.8 Å². The van der Waals surface area contributed by atoms with Gasteiger partial charge in [-0.15, -0.1) is 0 Å². The summed E-state index contributed by atoms with van der Waals surface area (Å²) in [7, 11) is 3.42. The summed E-state index contributed by atoms with van der Waals surface area (Å²) in [5, 5.41) is 4.13. The van der Waals surface area contributed by atoms with Crippen LogP contribution in [0.3, 0.4) is 0 Å². The van der Waals surface area contributed by atoms with Crippen LogP contribution in [0.15, 0.2) is 30.6 Å². The van der Waals surface area contributed by atoms with Crippen molar-refractivity contribution in [3.05, 3.63) is 41.9 Å². The zero-order valence-corrected chi connectivity index (χ0v) is 15.8. The number of ether oxygens (including phenoxy) is 1. The van der Waals surface area contributed by atoms with Crippen molar-refractivity contribution < 1.29 is 14.3 Å². The molecule has 0 aliphatic carbocycles. The highest BCUT2D eigenvalue weighted by atomic mass is 16.5. The molecule has 0 atom stereocenters. The van der Waals surface area contributed by atoms with Crippen molar-refractivity contribution in [2.75, 3.05) is 33.3 Å². The minimum absolute atomic E-state index is 0.0608. The molecule has 8 heteroatoms. The fourth-order valence-electron chi connectivity index (χ4n) is 3.22. The molecule has 0 saturated carbocycles. The lowest BCUT2D eigenvalue weighted by atomic mass is 10.2. The number of methoxy groups -OCH3 is 1. The Hall–Kier alpha value is -2.90. The van der Waals surface area contributed by atoms with Gasteiger partial charge in [0.1, 0.15) is 0 Å². The summed E-state index contributed by atoms with van der Waals surface area (Å²) in [6.45, 7) is 2.40. The predicted molar refractivity (Wildman–Crippen MR) is 99.4 cm³/mol. The summed E-state index contributed by atoms with van der Waals surface area (Å²) >= 11 is 0. The van der Waals surface area contributed by atoms with Crippen LogP contribution in [0.25, 0.3) is 0 Å². The van der Waals surface area contributed by atoms with E-state index in [9.17, 15) is 9.59 Å². The highest BCUT2D eigenvalue weighted by molar-refractivity contribution is 5.94. The lowest BCUT2D eigenvalue weighted by Gasteiger charge is -2.22. The monoisotopic (exact) mass is 371 g/mol. The Morgan fingerprint density at radius 2 is 1.89 bits per heavy atom. The first-order valence-electron chi connectivity index (χ1n) is 9.12. The molecule has 0 aromatic carbocycles. The van der Waals surface area contributed by atoms with E-state index < -0.39 is 0 Å². The van der Waals surface area contributed by atoms with E-state index in [2.05, 4.69) is 10.1 Å². The fraction of sp³-hybridized carbons (Fsp3) is 0.474.